The van der Waals surface area contributed by atoms with Gasteiger partial charge in [-0.15, -0.1) is 0 Å². The molecule has 0 amide bonds. The first-order chi connectivity index (χ1) is 11.3. The molecular formula is C20H26O4. The average molecular weight is 330 g/mol. The second kappa shape index (κ2) is 7.14. The van der Waals surface area contributed by atoms with Crippen molar-refractivity contribution in [3.63, 3.8) is 0 Å². The van der Waals surface area contributed by atoms with Crippen LogP contribution in [-0.4, -0.2) is 24.4 Å². The van der Waals surface area contributed by atoms with Crippen LogP contribution in [-0.2, 0) is 0 Å². The number of aliphatic hydroxyl groups is 1. The van der Waals surface area contributed by atoms with Gasteiger partial charge in [0.25, 0.3) is 0 Å². The van der Waals surface area contributed by atoms with E-state index in [2.05, 4.69) is 13.8 Å². The Morgan fingerprint density at radius 2 is 1.67 bits per heavy atom. The van der Waals surface area contributed by atoms with Crippen LogP contribution in [0.25, 0.3) is 0 Å². The zero-order valence-electron chi connectivity index (χ0n) is 15.2. The molecule has 130 valence electrons. The highest BCUT2D eigenvalue weighted by molar-refractivity contribution is 5.54. The first-order valence-electron chi connectivity index (χ1n) is 8.04. The van der Waals surface area contributed by atoms with E-state index in [1.165, 1.54) is 0 Å². The lowest BCUT2D eigenvalue weighted by molar-refractivity contribution is 0.217. The molecule has 0 spiro atoms. The van der Waals surface area contributed by atoms with Crippen molar-refractivity contribution in [1.29, 1.82) is 0 Å². The van der Waals surface area contributed by atoms with Crippen LogP contribution in [0.5, 0.6) is 17.2 Å². The van der Waals surface area contributed by atoms with Crippen molar-refractivity contribution in [3.8, 4) is 17.2 Å². The summed E-state index contributed by atoms with van der Waals surface area (Å²) < 4.78 is 10.9. The molecule has 0 saturated heterocycles. The summed E-state index contributed by atoms with van der Waals surface area (Å²) in [5.41, 5.74) is 4.02. The van der Waals surface area contributed by atoms with Crippen molar-refractivity contribution in [2.75, 3.05) is 14.2 Å². The number of benzene rings is 2. The Morgan fingerprint density at radius 3 is 2.21 bits per heavy atom. The van der Waals surface area contributed by atoms with E-state index in [0.29, 0.717) is 22.6 Å². The van der Waals surface area contributed by atoms with Gasteiger partial charge in [0, 0.05) is 5.56 Å². The second-order valence-electron chi connectivity index (χ2n) is 6.34. The molecule has 0 saturated carbocycles. The number of rotatable bonds is 5. The number of hydrogen-bond acceptors (Lipinski definition) is 4. The lowest BCUT2D eigenvalue weighted by Gasteiger charge is -2.22. The van der Waals surface area contributed by atoms with E-state index in [4.69, 9.17) is 9.47 Å². The third-order valence-electron chi connectivity index (χ3n) is 4.45. The fraction of sp³-hybridized carbons (Fsp3) is 0.400. The molecule has 2 aromatic rings. The lowest BCUT2D eigenvalue weighted by atomic mass is 9.90. The average Bonchev–Trinajstić information content (AvgIpc) is 2.56. The van der Waals surface area contributed by atoms with Gasteiger partial charge in [-0.1, -0.05) is 19.9 Å². The highest BCUT2D eigenvalue weighted by Crippen LogP contribution is 2.41. The minimum Gasteiger partial charge on any atom is -0.508 e. The number of aliphatic hydroxyl groups excluding tert-OH is 1. The molecule has 4 heteroatoms. The molecule has 24 heavy (non-hydrogen) atoms. The van der Waals surface area contributed by atoms with E-state index in [-0.39, 0.29) is 11.7 Å². The molecule has 1 unspecified atom stereocenters. The first-order valence-corrected chi connectivity index (χ1v) is 8.04. The molecule has 0 aliphatic heterocycles. The van der Waals surface area contributed by atoms with E-state index >= 15 is 0 Å². The molecule has 0 heterocycles. The Balaban J connectivity index is 2.64. The van der Waals surface area contributed by atoms with Crippen molar-refractivity contribution >= 4 is 0 Å². The van der Waals surface area contributed by atoms with Gasteiger partial charge in [-0.25, -0.2) is 0 Å². The third kappa shape index (κ3) is 3.20. The number of aryl methyl sites for hydroxylation is 1. The fourth-order valence-electron chi connectivity index (χ4n) is 3.04. The summed E-state index contributed by atoms with van der Waals surface area (Å²) in [5.74, 6) is 1.67. The zero-order valence-corrected chi connectivity index (χ0v) is 15.2. The molecule has 0 aliphatic carbocycles. The van der Waals surface area contributed by atoms with Gasteiger partial charge in [-0.05, 0) is 60.2 Å². The minimum absolute atomic E-state index is 0.180. The Hall–Kier alpha value is -2.20. The largest absolute Gasteiger partial charge is 0.508 e. The van der Waals surface area contributed by atoms with Crippen molar-refractivity contribution in [2.45, 2.75) is 39.7 Å². The summed E-state index contributed by atoms with van der Waals surface area (Å²) in [6.07, 6.45) is -0.852. The van der Waals surface area contributed by atoms with Gasteiger partial charge in [0.2, 0.25) is 0 Å². The predicted molar refractivity (Wildman–Crippen MR) is 95.3 cm³/mol. The number of hydrogen-bond donors (Lipinski definition) is 2. The summed E-state index contributed by atoms with van der Waals surface area (Å²) in [5, 5.41) is 21.0. The van der Waals surface area contributed by atoms with Gasteiger partial charge in [0.05, 0.1) is 14.2 Å². The maximum Gasteiger partial charge on any atom is 0.164 e. The molecule has 4 nitrogen and oxygen atoms in total. The third-order valence-corrected chi connectivity index (χ3v) is 4.45. The van der Waals surface area contributed by atoms with E-state index in [1.807, 2.05) is 26.0 Å². The molecule has 2 rings (SSSR count). The van der Waals surface area contributed by atoms with Crippen molar-refractivity contribution in [1.82, 2.24) is 0 Å². The molecule has 1 atom stereocenters. The van der Waals surface area contributed by atoms with Crippen molar-refractivity contribution in [2.24, 2.45) is 0 Å². The maximum absolute atomic E-state index is 11.0. The Bertz CT molecular complexity index is 735. The zero-order chi connectivity index (χ0) is 18.0. The van der Waals surface area contributed by atoms with Crippen LogP contribution in [0.4, 0.5) is 0 Å². The number of phenolic OH excluding ortho intramolecular Hbond substituents is 1. The molecule has 0 bridgehead atoms. The number of phenols is 1. The van der Waals surface area contributed by atoms with Crippen LogP contribution in [0.3, 0.4) is 0 Å². The molecular weight excluding hydrogens is 304 g/mol. The minimum atomic E-state index is -0.852. The molecule has 0 radical (unpaired) electrons. The Labute approximate surface area is 143 Å². The van der Waals surface area contributed by atoms with Gasteiger partial charge < -0.3 is 19.7 Å². The SMILES string of the molecule is COc1cc(C(O)c2c(C)ccc(O)c2C)cc(C(C)C)c1OC. The number of ether oxygens (including phenoxy) is 2. The van der Waals surface area contributed by atoms with Crippen molar-refractivity contribution < 1.29 is 19.7 Å². The topological polar surface area (TPSA) is 58.9 Å². The Morgan fingerprint density at radius 1 is 1.00 bits per heavy atom. The molecule has 2 aromatic carbocycles. The molecule has 2 N–H and O–H groups in total. The highest BCUT2D eigenvalue weighted by atomic mass is 16.5. The van der Waals surface area contributed by atoms with Gasteiger partial charge in [-0.3, -0.25) is 0 Å². The smallest absolute Gasteiger partial charge is 0.164 e. The van der Waals surface area contributed by atoms with E-state index in [9.17, 15) is 10.2 Å². The van der Waals surface area contributed by atoms with Crippen LogP contribution in [0.2, 0.25) is 0 Å². The predicted octanol–water partition coefficient (Wildman–Crippen LogP) is 4.23. The van der Waals surface area contributed by atoms with Gasteiger partial charge in [0.15, 0.2) is 11.5 Å². The van der Waals surface area contributed by atoms with Crippen LogP contribution in [0.15, 0.2) is 24.3 Å². The van der Waals surface area contributed by atoms with Crippen LogP contribution in [0.1, 0.15) is 53.7 Å². The Kier molecular flexibility index (Phi) is 5.40. The fourth-order valence-corrected chi connectivity index (χ4v) is 3.04. The summed E-state index contributed by atoms with van der Waals surface area (Å²) in [7, 11) is 3.20. The second-order valence-corrected chi connectivity index (χ2v) is 6.34. The standard InChI is InChI=1S/C20H26O4/c1-11(2)15-9-14(10-17(23-5)20(15)24-6)19(22)18-12(3)7-8-16(21)13(18)4/h7-11,19,21-22H,1-6H3. The van der Waals surface area contributed by atoms with Crippen LogP contribution < -0.4 is 9.47 Å². The van der Waals surface area contributed by atoms with Gasteiger partial charge in [-0.2, -0.15) is 0 Å². The first kappa shape index (κ1) is 18.1. The van der Waals surface area contributed by atoms with Crippen LogP contribution in [0, 0.1) is 13.8 Å². The lowest BCUT2D eigenvalue weighted by Crippen LogP contribution is -2.07. The summed E-state index contributed by atoms with van der Waals surface area (Å²) >= 11 is 0. The van der Waals surface area contributed by atoms with Gasteiger partial charge >= 0.3 is 0 Å². The molecule has 0 aliphatic rings. The van der Waals surface area contributed by atoms with E-state index in [1.54, 1.807) is 26.4 Å². The maximum atomic E-state index is 11.0. The van der Waals surface area contributed by atoms with E-state index < -0.39 is 6.10 Å². The monoisotopic (exact) mass is 330 g/mol. The summed E-state index contributed by atoms with van der Waals surface area (Å²) in [4.78, 5) is 0. The van der Waals surface area contributed by atoms with Gasteiger partial charge in [0.1, 0.15) is 11.9 Å². The quantitative estimate of drug-likeness (QED) is 0.861. The van der Waals surface area contributed by atoms with Crippen molar-refractivity contribution in [3.05, 3.63) is 52.1 Å². The summed E-state index contributed by atoms with van der Waals surface area (Å²) in [6.45, 7) is 7.87. The number of aromatic hydroxyl groups is 1. The molecule has 0 aromatic heterocycles. The highest BCUT2D eigenvalue weighted by Gasteiger charge is 2.22. The normalized spacial score (nSPS) is 12.3. The van der Waals surface area contributed by atoms with E-state index in [0.717, 1.165) is 16.7 Å². The number of methoxy groups -OCH3 is 2. The molecule has 0 fully saturated rings. The summed E-state index contributed by atoms with van der Waals surface area (Å²) in [6, 6.07) is 7.19. The van der Waals surface area contributed by atoms with Crippen LogP contribution >= 0.6 is 0 Å².